The van der Waals surface area contributed by atoms with Gasteiger partial charge in [0.05, 0.1) is 5.69 Å². The van der Waals surface area contributed by atoms with E-state index in [1.807, 2.05) is 18.2 Å². The number of aromatic nitrogens is 4. The molecule has 3 heterocycles. The highest BCUT2D eigenvalue weighted by Crippen LogP contribution is 2.29. The van der Waals surface area contributed by atoms with Crippen molar-refractivity contribution in [3.8, 4) is 17.2 Å². The maximum atomic E-state index is 13.3. The average molecular weight is 415 g/mol. The molecule has 1 aliphatic heterocycles. The van der Waals surface area contributed by atoms with Gasteiger partial charge in [-0.05, 0) is 42.7 Å². The zero-order valence-corrected chi connectivity index (χ0v) is 16.8. The van der Waals surface area contributed by atoms with Gasteiger partial charge in [-0.1, -0.05) is 30.3 Å². The molecular formula is C23H22FN7. The van der Waals surface area contributed by atoms with Crippen LogP contribution in [-0.2, 0) is 13.0 Å². The van der Waals surface area contributed by atoms with Crippen LogP contribution in [0.3, 0.4) is 0 Å². The molecule has 0 radical (unpaired) electrons. The average Bonchev–Trinajstić information content (AvgIpc) is 3.20. The monoisotopic (exact) mass is 415 g/mol. The largest absolute Gasteiger partial charge is 0.370 e. The molecule has 7 nitrogen and oxygen atoms in total. The van der Waals surface area contributed by atoms with Gasteiger partial charge < -0.3 is 16.4 Å². The minimum atomic E-state index is -0.297. The third-order valence-corrected chi connectivity index (χ3v) is 5.28. The number of benzene rings is 2. The third kappa shape index (κ3) is 3.92. The minimum absolute atomic E-state index is 0.268. The number of nitrogens with one attached hydrogen (secondary N) is 2. The zero-order valence-electron chi connectivity index (χ0n) is 16.8. The lowest BCUT2D eigenvalue weighted by Gasteiger charge is -2.21. The fraction of sp³-hybridized carbons (Fsp3) is 0.174. The summed E-state index contributed by atoms with van der Waals surface area (Å²) in [5, 5.41) is 6.82. The van der Waals surface area contributed by atoms with Crippen molar-refractivity contribution >= 4 is 17.6 Å². The van der Waals surface area contributed by atoms with E-state index in [-0.39, 0.29) is 11.8 Å². The molecule has 8 heteroatoms. The lowest BCUT2D eigenvalue weighted by molar-refractivity contribution is 0.628. The van der Waals surface area contributed by atoms with Gasteiger partial charge in [0.15, 0.2) is 0 Å². The van der Waals surface area contributed by atoms with Crippen LogP contribution >= 0.6 is 0 Å². The second-order valence-electron chi connectivity index (χ2n) is 7.43. The van der Waals surface area contributed by atoms with Crippen molar-refractivity contribution in [1.82, 2.24) is 19.5 Å². The van der Waals surface area contributed by atoms with Crippen LogP contribution in [-0.4, -0.2) is 26.1 Å². The number of imidazole rings is 1. The first-order valence-electron chi connectivity index (χ1n) is 10.2. The Hall–Kier alpha value is -3.94. The lowest BCUT2D eigenvalue weighted by Crippen LogP contribution is -2.19. The molecule has 0 saturated carbocycles. The molecule has 31 heavy (non-hydrogen) atoms. The summed E-state index contributed by atoms with van der Waals surface area (Å²) in [5.41, 5.74) is 9.83. The van der Waals surface area contributed by atoms with Crippen LogP contribution in [0.1, 0.15) is 17.5 Å². The van der Waals surface area contributed by atoms with Gasteiger partial charge in [-0.2, -0.15) is 9.97 Å². The predicted molar refractivity (Wildman–Crippen MR) is 120 cm³/mol. The van der Waals surface area contributed by atoms with E-state index in [1.165, 1.54) is 17.7 Å². The van der Waals surface area contributed by atoms with Crippen molar-refractivity contribution in [3.05, 3.63) is 77.7 Å². The van der Waals surface area contributed by atoms with Crippen LogP contribution < -0.4 is 16.4 Å². The van der Waals surface area contributed by atoms with E-state index < -0.39 is 0 Å². The zero-order chi connectivity index (χ0) is 21.2. The fourth-order valence-corrected chi connectivity index (χ4v) is 3.68. The summed E-state index contributed by atoms with van der Waals surface area (Å²) < 4.78 is 14.9. The van der Waals surface area contributed by atoms with E-state index in [9.17, 15) is 4.39 Å². The molecule has 0 saturated heterocycles. The summed E-state index contributed by atoms with van der Waals surface area (Å²) in [6.07, 6.45) is 3.70. The Balaban J connectivity index is 1.51. The van der Waals surface area contributed by atoms with Gasteiger partial charge in [0.2, 0.25) is 11.9 Å². The highest BCUT2D eigenvalue weighted by Gasteiger charge is 2.20. The molecule has 2 aromatic carbocycles. The number of rotatable bonds is 5. The molecule has 156 valence electrons. The third-order valence-electron chi connectivity index (χ3n) is 5.28. The van der Waals surface area contributed by atoms with Crippen LogP contribution in [0.5, 0.6) is 0 Å². The van der Waals surface area contributed by atoms with Crippen LogP contribution in [0.2, 0.25) is 0 Å². The second-order valence-corrected chi connectivity index (χ2v) is 7.43. The van der Waals surface area contributed by atoms with Crippen molar-refractivity contribution in [1.29, 1.82) is 0 Å². The van der Waals surface area contributed by atoms with Gasteiger partial charge in [0.25, 0.3) is 0 Å². The quantitative estimate of drug-likeness (QED) is 0.456. The van der Waals surface area contributed by atoms with Gasteiger partial charge in [-0.15, -0.1) is 0 Å². The number of hydrogen-bond donors (Lipinski definition) is 3. The van der Waals surface area contributed by atoms with Crippen molar-refractivity contribution in [2.24, 2.45) is 0 Å². The number of nitrogen functional groups attached to an aromatic ring is 1. The Kier molecular flexibility index (Phi) is 4.95. The standard InChI is InChI=1S/C23H22FN7/c24-17-10-8-16(9-11-17)19-14-31(22(25)28-19)23-29-20-18(7-4-12-26-20)21(30-23)27-13-15-5-2-1-3-6-15/h1-3,5-6,8-11,14H,4,7,12-13H2,(H2,25,28)(H2,26,27,29,30). The first kappa shape index (κ1) is 19.0. The highest BCUT2D eigenvalue weighted by molar-refractivity contribution is 5.64. The molecule has 2 aromatic heterocycles. The number of nitrogens with two attached hydrogens (primary N) is 1. The van der Waals surface area contributed by atoms with Gasteiger partial charge in [-0.3, -0.25) is 4.57 Å². The van der Waals surface area contributed by atoms with E-state index >= 15 is 0 Å². The Morgan fingerprint density at radius 2 is 1.84 bits per heavy atom. The second kappa shape index (κ2) is 8.06. The molecule has 0 fully saturated rings. The molecule has 0 unspecified atom stereocenters. The van der Waals surface area contributed by atoms with Crippen molar-refractivity contribution < 1.29 is 4.39 Å². The van der Waals surface area contributed by atoms with E-state index in [0.717, 1.165) is 42.1 Å². The Morgan fingerprint density at radius 1 is 1.03 bits per heavy atom. The summed E-state index contributed by atoms with van der Waals surface area (Å²) in [4.78, 5) is 13.9. The summed E-state index contributed by atoms with van der Waals surface area (Å²) in [5.74, 6) is 2.00. The first-order valence-corrected chi connectivity index (χ1v) is 10.2. The molecule has 0 amide bonds. The molecular weight excluding hydrogens is 393 g/mol. The van der Waals surface area contributed by atoms with Crippen LogP contribution in [0.15, 0.2) is 60.8 Å². The molecule has 0 bridgehead atoms. The van der Waals surface area contributed by atoms with Crippen molar-refractivity contribution in [3.63, 3.8) is 0 Å². The van der Waals surface area contributed by atoms with Gasteiger partial charge in [-0.25, -0.2) is 9.37 Å². The van der Waals surface area contributed by atoms with Gasteiger partial charge in [0.1, 0.15) is 17.5 Å². The van der Waals surface area contributed by atoms with E-state index in [4.69, 9.17) is 15.7 Å². The van der Waals surface area contributed by atoms with Crippen molar-refractivity contribution in [2.75, 3.05) is 22.9 Å². The Labute approximate surface area is 179 Å². The summed E-state index contributed by atoms with van der Waals surface area (Å²) in [6.45, 7) is 1.52. The number of hydrogen-bond acceptors (Lipinski definition) is 6. The molecule has 5 rings (SSSR count). The van der Waals surface area contributed by atoms with Gasteiger partial charge >= 0.3 is 0 Å². The summed E-state index contributed by atoms with van der Waals surface area (Å²) >= 11 is 0. The van der Waals surface area contributed by atoms with Crippen LogP contribution in [0.4, 0.5) is 22.0 Å². The smallest absolute Gasteiger partial charge is 0.240 e. The normalized spacial score (nSPS) is 12.8. The van der Waals surface area contributed by atoms with Gasteiger partial charge in [0, 0.05) is 30.4 Å². The minimum Gasteiger partial charge on any atom is -0.370 e. The number of nitrogens with zero attached hydrogens (tertiary/aromatic N) is 4. The van der Waals surface area contributed by atoms with Crippen molar-refractivity contribution in [2.45, 2.75) is 19.4 Å². The maximum Gasteiger partial charge on any atom is 0.240 e. The molecule has 1 aliphatic rings. The topological polar surface area (TPSA) is 93.7 Å². The SMILES string of the molecule is Nc1nc(-c2ccc(F)cc2)cn1-c1nc2c(c(NCc3ccccc3)n1)CCCN2. The molecule has 4 aromatic rings. The number of halogens is 1. The summed E-state index contributed by atoms with van der Waals surface area (Å²) in [6, 6.07) is 16.3. The Bertz CT molecular complexity index is 1200. The van der Waals surface area contributed by atoms with E-state index in [1.54, 1.807) is 22.9 Å². The maximum absolute atomic E-state index is 13.3. The predicted octanol–water partition coefficient (Wildman–Crippen LogP) is 4.02. The van der Waals surface area contributed by atoms with Crippen LogP contribution in [0.25, 0.3) is 17.2 Å². The van der Waals surface area contributed by atoms with E-state index in [2.05, 4.69) is 27.8 Å². The molecule has 4 N–H and O–H groups in total. The molecule has 0 atom stereocenters. The highest BCUT2D eigenvalue weighted by atomic mass is 19.1. The Morgan fingerprint density at radius 3 is 2.65 bits per heavy atom. The number of fused-ring (bicyclic) bond motifs is 1. The number of anilines is 3. The van der Waals surface area contributed by atoms with Crippen LogP contribution in [0, 0.1) is 5.82 Å². The van der Waals surface area contributed by atoms with E-state index in [0.29, 0.717) is 18.2 Å². The fourth-order valence-electron chi connectivity index (χ4n) is 3.68. The lowest BCUT2D eigenvalue weighted by atomic mass is 10.1. The first-order chi connectivity index (χ1) is 15.2. The summed E-state index contributed by atoms with van der Waals surface area (Å²) in [7, 11) is 0. The molecule has 0 aliphatic carbocycles. The molecule has 0 spiro atoms.